The minimum Gasteiger partial charge on any atom is -0.394 e. The van der Waals surface area contributed by atoms with E-state index >= 15 is 0 Å². The van der Waals surface area contributed by atoms with Crippen molar-refractivity contribution in [1.29, 1.82) is 0 Å². The quantitative estimate of drug-likeness (QED) is 0.450. The van der Waals surface area contributed by atoms with Gasteiger partial charge in [0.05, 0.1) is 0 Å². The fraction of sp³-hybridized carbons (Fsp3) is 0.667. The Hall–Kier alpha value is -0.240. The second-order valence-electron chi connectivity index (χ2n) is 1.05. The van der Waals surface area contributed by atoms with Crippen LogP contribution in [0.15, 0.2) is 5.16 Å². The molecule has 0 saturated carbocycles. The normalized spacial score (nSPS) is 19.8. The van der Waals surface area contributed by atoms with E-state index in [-0.39, 0.29) is 0 Å². The van der Waals surface area contributed by atoms with Crippen LogP contribution >= 0.6 is 11.6 Å². The first-order valence-electron chi connectivity index (χ1n) is 1.74. The van der Waals surface area contributed by atoms with Crippen molar-refractivity contribution >= 4 is 16.8 Å². The molecular weight excluding hydrogens is 101 g/mol. The van der Waals surface area contributed by atoms with Crippen LogP contribution in [0.25, 0.3) is 0 Å². The smallest absolute Gasteiger partial charge is 0.149 e. The Labute approximate surface area is 40.7 Å². The lowest BCUT2D eigenvalue weighted by Gasteiger charge is -1.75. The van der Waals surface area contributed by atoms with Gasteiger partial charge in [-0.1, -0.05) is 16.8 Å². The van der Waals surface area contributed by atoms with Crippen LogP contribution in [-0.2, 0) is 4.84 Å². The fourth-order valence-electron chi connectivity index (χ4n) is 0.291. The Morgan fingerprint density at radius 1 is 1.83 bits per heavy atom. The predicted octanol–water partition coefficient (Wildman–Crippen LogP) is 0.959. The van der Waals surface area contributed by atoms with E-state index in [1.807, 2.05) is 0 Å². The third kappa shape index (κ3) is 0.627. The van der Waals surface area contributed by atoms with E-state index in [9.17, 15) is 0 Å². The van der Waals surface area contributed by atoms with E-state index in [1.165, 1.54) is 0 Å². The van der Waals surface area contributed by atoms with Gasteiger partial charge in [-0.3, -0.25) is 0 Å². The van der Waals surface area contributed by atoms with E-state index in [4.69, 9.17) is 11.6 Å². The van der Waals surface area contributed by atoms with Crippen molar-refractivity contribution in [1.82, 2.24) is 0 Å². The van der Waals surface area contributed by atoms with Gasteiger partial charge in [-0.05, 0) is 0 Å². The first-order valence-corrected chi connectivity index (χ1v) is 2.12. The summed E-state index contributed by atoms with van der Waals surface area (Å²) in [5, 5.41) is 4.00. The summed E-state index contributed by atoms with van der Waals surface area (Å²) in [7, 11) is 0. The molecule has 0 N–H and O–H groups in total. The van der Waals surface area contributed by atoms with Crippen LogP contribution in [0.4, 0.5) is 0 Å². The summed E-state index contributed by atoms with van der Waals surface area (Å²) in [5.41, 5.74) is 0. The van der Waals surface area contributed by atoms with Gasteiger partial charge in [0.15, 0.2) is 0 Å². The average molecular weight is 106 g/mol. The molecule has 2 nitrogen and oxygen atoms in total. The molecule has 0 spiro atoms. The molecule has 0 radical (unpaired) electrons. The minimum atomic E-state index is 0.579. The van der Waals surface area contributed by atoms with Crippen LogP contribution in [0, 0.1) is 0 Å². The third-order valence-electron chi connectivity index (χ3n) is 0.563. The Kier molecular flexibility index (Phi) is 0.965. The standard InChI is InChI=1S/C3H4ClNO/c4-3-1-2-6-5-3/h1-2H2. The van der Waals surface area contributed by atoms with Crippen molar-refractivity contribution in [3.8, 4) is 0 Å². The molecule has 0 aliphatic carbocycles. The van der Waals surface area contributed by atoms with Gasteiger partial charge in [-0.2, -0.15) is 0 Å². The maximum absolute atomic E-state index is 5.34. The highest BCUT2D eigenvalue weighted by molar-refractivity contribution is 6.65. The van der Waals surface area contributed by atoms with Crippen LogP contribution in [0.2, 0.25) is 0 Å². The Bertz CT molecular complexity index is 80.9. The molecule has 1 aliphatic rings. The molecule has 3 heteroatoms. The van der Waals surface area contributed by atoms with E-state index < -0.39 is 0 Å². The van der Waals surface area contributed by atoms with E-state index in [1.54, 1.807) is 0 Å². The van der Waals surface area contributed by atoms with Crippen LogP contribution < -0.4 is 0 Å². The molecule has 0 unspecified atom stereocenters. The topological polar surface area (TPSA) is 21.6 Å². The zero-order chi connectivity index (χ0) is 4.41. The maximum atomic E-state index is 5.34. The van der Waals surface area contributed by atoms with Crippen molar-refractivity contribution in [2.45, 2.75) is 6.42 Å². The Morgan fingerprint density at radius 3 is 2.83 bits per heavy atom. The summed E-state index contributed by atoms with van der Waals surface area (Å²) in [5.74, 6) is 0. The third-order valence-corrected chi connectivity index (χ3v) is 0.821. The molecule has 1 rings (SSSR count). The highest BCUT2D eigenvalue weighted by atomic mass is 35.5. The number of hydrogen-bond donors (Lipinski definition) is 0. The zero-order valence-corrected chi connectivity index (χ0v) is 3.90. The van der Waals surface area contributed by atoms with Gasteiger partial charge in [0.25, 0.3) is 0 Å². The summed E-state index contributed by atoms with van der Waals surface area (Å²) >= 11 is 5.34. The lowest BCUT2D eigenvalue weighted by atomic mass is 10.5. The van der Waals surface area contributed by atoms with Gasteiger partial charge in [0.1, 0.15) is 11.8 Å². The lowest BCUT2D eigenvalue weighted by molar-refractivity contribution is 0.174. The first kappa shape index (κ1) is 3.93. The second-order valence-corrected chi connectivity index (χ2v) is 1.49. The SMILES string of the molecule is ClC1=NOCC1. The van der Waals surface area contributed by atoms with Crippen molar-refractivity contribution in [3.63, 3.8) is 0 Å². The van der Waals surface area contributed by atoms with Gasteiger partial charge in [0.2, 0.25) is 0 Å². The van der Waals surface area contributed by atoms with Crippen molar-refractivity contribution in [2.75, 3.05) is 6.61 Å². The molecular formula is C3H4ClNO. The van der Waals surface area contributed by atoms with Gasteiger partial charge < -0.3 is 4.84 Å². The largest absolute Gasteiger partial charge is 0.394 e. The van der Waals surface area contributed by atoms with Crippen molar-refractivity contribution in [3.05, 3.63) is 0 Å². The molecule has 0 bridgehead atoms. The van der Waals surface area contributed by atoms with Gasteiger partial charge in [-0.25, -0.2) is 0 Å². The molecule has 0 aromatic carbocycles. The molecule has 34 valence electrons. The van der Waals surface area contributed by atoms with E-state index in [2.05, 4.69) is 9.99 Å². The highest BCUT2D eigenvalue weighted by Gasteiger charge is 2.00. The van der Waals surface area contributed by atoms with Crippen molar-refractivity contribution < 1.29 is 4.84 Å². The fourth-order valence-corrected chi connectivity index (χ4v) is 0.417. The molecule has 6 heavy (non-hydrogen) atoms. The Morgan fingerprint density at radius 2 is 2.67 bits per heavy atom. The van der Waals surface area contributed by atoms with Crippen LogP contribution in [0.5, 0.6) is 0 Å². The Balaban J connectivity index is 2.45. The first-order chi connectivity index (χ1) is 2.89. The monoisotopic (exact) mass is 105 g/mol. The molecule has 0 saturated heterocycles. The summed E-state index contributed by atoms with van der Waals surface area (Å²) in [6, 6.07) is 0. The number of rotatable bonds is 0. The highest BCUT2D eigenvalue weighted by Crippen LogP contribution is 2.01. The summed E-state index contributed by atoms with van der Waals surface area (Å²) in [6.07, 6.45) is 0.779. The average Bonchev–Trinajstić information content (AvgIpc) is 1.86. The molecule has 0 atom stereocenters. The maximum Gasteiger partial charge on any atom is 0.149 e. The van der Waals surface area contributed by atoms with Crippen LogP contribution in [0.3, 0.4) is 0 Å². The van der Waals surface area contributed by atoms with E-state index in [0.29, 0.717) is 11.8 Å². The molecule has 0 aromatic rings. The zero-order valence-electron chi connectivity index (χ0n) is 3.15. The predicted molar refractivity (Wildman–Crippen MR) is 23.9 cm³/mol. The molecule has 0 fully saturated rings. The number of halogens is 1. The summed E-state index contributed by atoms with van der Waals surface area (Å²) < 4.78 is 0. The summed E-state index contributed by atoms with van der Waals surface area (Å²) in [6.45, 7) is 0.652. The summed E-state index contributed by atoms with van der Waals surface area (Å²) in [4.78, 5) is 4.51. The number of nitrogens with zero attached hydrogens (tertiary/aromatic N) is 1. The number of oxime groups is 1. The minimum absolute atomic E-state index is 0.579. The molecule has 1 aliphatic heterocycles. The van der Waals surface area contributed by atoms with Crippen LogP contribution in [-0.4, -0.2) is 11.8 Å². The van der Waals surface area contributed by atoms with Crippen LogP contribution in [0.1, 0.15) is 6.42 Å². The molecule has 0 amide bonds. The number of hydrogen-bond acceptors (Lipinski definition) is 2. The second kappa shape index (κ2) is 1.47. The van der Waals surface area contributed by atoms with E-state index in [0.717, 1.165) is 6.42 Å². The molecule has 0 aromatic heterocycles. The van der Waals surface area contributed by atoms with Gasteiger partial charge >= 0.3 is 0 Å². The van der Waals surface area contributed by atoms with Crippen molar-refractivity contribution in [2.24, 2.45) is 5.16 Å². The lowest BCUT2D eigenvalue weighted by Crippen LogP contribution is -1.78. The van der Waals surface area contributed by atoms with Gasteiger partial charge in [-0.15, -0.1) is 0 Å². The van der Waals surface area contributed by atoms with Gasteiger partial charge in [0, 0.05) is 6.42 Å². The molecule has 1 heterocycles.